The second-order valence-electron chi connectivity index (χ2n) is 5.52. The first-order valence-corrected chi connectivity index (χ1v) is 8.36. The van der Waals surface area contributed by atoms with Gasteiger partial charge in [0.05, 0.1) is 23.3 Å². The van der Waals surface area contributed by atoms with Crippen LogP contribution < -0.4 is 4.90 Å². The first-order valence-electron chi connectivity index (χ1n) is 6.76. The third-order valence-corrected chi connectivity index (χ3v) is 5.54. The molecule has 0 aliphatic carbocycles. The Bertz CT molecular complexity index is 646. The molecule has 1 N–H and O–H groups in total. The number of hydrogen-bond acceptors (Lipinski definition) is 2. The van der Waals surface area contributed by atoms with Gasteiger partial charge < -0.3 is 4.90 Å². The molecule has 2 heterocycles. The van der Waals surface area contributed by atoms with Crippen LogP contribution in [0.1, 0.15) is 19.8 Å². The lowest BCUT2D eigenvalue weighted by molar-refractivity contribution is -0.930. The lowest BCUT2D eigenvalue weighted by Crippen LogP contribution is -3.12. The Balaban J connectivity index is 1.93. The SMILES string of the molecule is C[C@H]1CCC[NH+](Cn2c(=S)sc3ccc(Cl)cc32)C1. The van der Waals surface area contributed by atoms with E-state index < -0.39 is 0 Å². The van der Waals surface area contributed by atoms with Gasteiger partial charge in [0, 0.05) is 10.9 Å². The van der Waals surface area contributed by atoms with Crippen LogP contribution in [0.4, 0.5) is 0 Å². The minimum Gasteiger partial charge on any atom is -0.317 e. The number of hydrogen-bond donors (Lipinski definition) is 1. The fraction of sp³-hybridized carbons (Fsp3) is 0.500. The zero-order chi connectivity index (χ0) is 13.4. The number of likely N-dealkylation sites (tertiary alicyclic amines) is 1. The van der Waals surface area contributed by atoms with Gasteiger partial charge in [-0.05, 0) is 43.3 Å². The van der Waals surface area contributed by atoms with Gasteiger partial charge in [0.1, 0.15) is 0 Å². The van der Waals surface area contributed by atoms with Crippen molar-refractivity contribution >= 4 is 45.4 Å². The fourth-order valence-electron chi connectivity index (χ4n) is 2.95. The number of quaternary nitrogens is 1. The molecule has 1 aromatic heterocycles. The normalized spacial score (nSPS) is 23.9. The van der Waals surface area contributed by atoms with Crippen LogP contribution in [0.5, 0.6) is 0 Å². The Hall–Kier alpha value is -0.420. The predicted octanol–water partition coefficient (Wildman–Crippen LogP) is 3.36. The van der Waals surface area contributed by atoms with E-state index in [2.05, 4.69) is 17.6 Å². The van der Waals surface area contributed by atoms with E-state index in [0.717, 1.165) is 21.6 Å². The van der Waals surface area contributed by atoms with E-state index in [9.17, 15) is 0 Å². The van der Waals surface area contributed by atoms with E-state index in [1.165, 1.54) is 36.1 Å². The molecule has 0 spiro atoms. The number of benzene rings is 1. The summed E-state index contributed by atoms with van der Waals surface area (Å²) in [5.74, 6) is 0.825. The predicted molar refractivity (Wildman–Crippen MR) is 84.8 cm³/mol. The summed E-state index contributed by atoms with van der Waals surface area (Å²) < 4.78 is 4.45. The van der Waals surface area contributed by atoms with Crippen LogP contribution in [0, 0.1) is 9.87 Å². The number of rotatable bonds is 2. The molecule has 1 saturated heterocycles. The summed E-state index contributed by atoms with van der Waals surface area (Å²) >= 11 is 13.3. The van der Waals surface area contributed by atoms with Crippen LogP contribution in [0.15, 0.2) is 18.2 Å². The highest BCUT2D eigenvalue weighted by molar-refractivity contribution is 7.73. The van der Waals surface area contributed by atoms with Gasteiger partial charge in [-0.25, -0.2) is 0 Å². The number of thiazole rings is 1. The highest BCUT2D eigenvalue weighted by Crippen LogP contribution is 2.25. The first-order chi connectivity index (χ1) is 9.13. The average Bonchev–Trinajstić information content (AvgIpc) is 2.66. The number of nitrogens with zero attached hydrogens (tertiary/aromatic N) is 1. The van der Waals surface area contributed by atoms with Crippen LogP contribution in [0.25, 0.3) is 10.2 Å². The third-order valence-electron chi connectivity index (χ3n) is 3.88. The Labute approximate surface area is 127 Å². The van der Waals surface area contributed by atoms with E-state index >= 15 is 0 Å². The molecule has 0 bridgehead atoms. The van der Waals surface area contributed by atoms with Crippen molar-refractivity contribution in [3.63, 3.8) is 0 Å². The lowest BCUT2D eigenvalue weighted by Gasteiger charge is -2.28. The molecule has 19 heavy (non-hydrogen) atoms. The number of aromatic nitrogens is 1. The standard InChI is InChI=1S/C14H17ClN2S2/c1-10-3-2-6-16(8-10)9-17-12-7-11(15)4-5-13(12)19-14(17)18/h4-5,7,10H,2-3,6,8-9H2,1H3/p+1/t10-/m0/s1. The van der Waals surface area contributed by atoms with Gasteiger partial charge in [-0.2, -0.15) is 0 Å². The molecular formula is C14H18ClN2S2+. The van der Waals surface area contributed by atoms with Gasteiger partial charge >= 0.3 is 0 Å². The highest BCUT2D eigenvalue weighted by atomic mass is 35.5. The van der Waals surface area contributed by atoms with Crippen molar-refractivity contribution in [1.82, 2.24) is 4.57 Å². The molecule has 2 nitrogen and oxygen atoms in total. The molecule has 1 aliphatic rings. The summed E-state index contributed by atoms with van der Waals surface area (Å²) in [5, 5.41) is 0.788. The van der Waals surface area contributed by atoms with Crippen LogP contribution in [0.2, 0.25) is 5.02 Å². The second-order valence-corrected chi connectivity index (χ2v) is 7.63. The minimum atomic E-state index is 0.788. The van der Waals surface area contributed by atoms with Crippen molar-refractivity contribution in [1.29, 1.82) is 0 Å². The van der Waals surface area contributed by atoms with Gasteiger partial charge in [-0.15, -0.1) is 11.3 Å². The zero-order valence-corrected chi connectivity index (χ0v) is 13.4. The Kier molecular flexibility index (Phi) is 3.94. The third kappa shape index (κ3) is 2.87. The maximum Gasteiger partial charge on any atom is 0.166 e. The summed E-state index contributed by atoms with van der Waals surface area (Å²) in [6, 6.07) is 6.05. The monoisotopic (exact) mass is 313 g/mol. The smallest absolute Gasteiger partial charge is 0.166 e. The molecule has 1 fully saturated rings. The second kappa shape index (κ2) is 5.52. The van der Waals surface area contributed by atoms with Crippen LogP contribution >= 0.6 is 35.2 Å². The van der Waals surface area contributed by atoms with E-state index in [-0.39, 0.29) is 0 Å². The van der Waals surface area contributed by atoms with Crippen LogP contribution in [-0.2, 0) is 6.67 Å². The number of fused-ring (bicyclic) bond motifs is 1. The van der Waals surface area contributed by atoms with Gasteiger partial charge in [-0.1, -0.05) is 18.5 Å². The van der Waals surface area contributed by atoms with Crippen molar-refractivity contribution in [2.45, 2.75) is 26.4 Å². The summed E-state index contributed by atoms with van der Waals surface area (Å²) in [7, 11) is 0. The molecule has 0 amide bonds. The number of piperidine rings is 1. The van der Waals surface area contributed by atoms with Gasteiger partial charge in [0.25, 0.3) is 0 Å². The summed E-state index contributed by atoms with van der Waals surface area (Å²) in [4.78, 5) is 1.63. The van der Waals surface area contributed by atoms with Crippen molar-refractivity contribution in [2.75, 3.05) is 13.1 Å². The maximum absolute atomic E-state index is 6.12. The number of halogens is 1. The molecule has 1 unspecified atom stereocenters. The molecule has 3 rings (SSSR count). The lowest BCUT2D eigenvalue weighted by atomic mass is 10.0. The van der Waals surface area contributed by atoms with E-state index in [4.69, 9.17) is 23.8 Å². The Morgan fingerprint density at radius 1 is 1.53 bits per heavy atom. The molecule has 2 atom stereocenters. The minimum absolute atomic E-state index is 0.788. The van der Waals surface area contributed by atoms with E-state index in [1.54, 1.807) is 16.2 Å². The molecule has 2 aromatic rings. The van der Waals surface area contributed by atoms with Gasteiger partial charge in [0.15, 0.2) is 10.6 Å². The Morgan fingerprint density at radius 2 is 2.37 bits per heavy atom. The summed E-state index contributed by atoms with van der Waals surface area (Å²) in [6.07, 6.45) is 2.69. The first kappa shape index (κ1) is 13.6. The Morgan fingerprint density at radius 3 is 3.16 bits per heavy atom. The fourth-order valence-corrected chi connectivity index (χ4v) is 4.42. The number of nitrogens with one attached hydrogen (secondary N) is 1. The van der Waals surface area contributed by atoms with Crippen molar-refractivity contribution in [2.24, 2.45) is 5.92 Å². The van der Waals surface area contributed by atoms with E-state index in [1.807, 2.05) is 12.1 Å². The van der Waals surface area contributed by atoms with Crippen LogP contribution in [0.3, 0.4) is 0 Å². The van der Waals surface area contributed by atoms with Crippen LogP contribution in [-0.4, -0.2) is 17.7 Å². The van der Waals surface area contributed by atoms with Crippen molar-refractivity contribution in [3.05, 3.63) is 27.2 Å². The summed E-state index contributed by atoms with van der Waals surface area (Å²) in [6.45, 7) is 5.83. The van der Waals surface area contributed by atoms with Crippen molar-refractivity contribution in [3.8, 4) is 0 Å². The summed E-state index contributed by atoms with van der Waals surface area (Å²) in [5.41, 5.74) is 1.19. The molecule has 5 heteroatoms. The quantitative estimate of drug-likeness (QED) is 0.837. The molecule has 102 valence electrons. The maximum atomic E-state index is 6.12. The zero-order valence-electron chi connectivity index (χ0n) is 11.0. The van der Waals surface area contributed by atoms with E-state index in [0.29, 0.717) is 0 Å². The molecule has 1 aliphatic heterocycles. The molecule has 0 saturated carbocycles. The van der Waals surface area contributed by atoms with Gasteiger partial charge in [0.2, 0.25) is 0 Å². The van der Waals surface area contributed by atoms with Crippen molar-refractivity contribution < 1.29 is 4.90 Å². The topological polar surface area (TPSA) is 9.37 Å². The molecule has 1 aromatic carbocycles. The average molecular weight is 314 g/mol. The molecular weight excluding hydrogens is 296 g/mol. The molecule has 0 radical (unpaired) electrons. The highest BCUT2D eigenvalue weighted by Gasteiger charge is 2.20. The van der Waals surface area contributed by atoms with Gasteiger partial charge in [-0.3, -0.25) is 4.57 Å². The largest absolute Gasteiger partial charge is 0.317 e.